The Bertz CT molecular complexity index is 465. The Morgan fingerprint density at radius 2 is 1.80 bits per heavy atom. The minimum absolute atomic E-state index is 0.384. The van der Waals surface area contributed by atoms with Crippen LogP contribution in [0.15, 0.2) is 18.2 Å². The molecule has 0 radical (unpaired) electrons. The van der Waals surface area contributed by atoms with Gasteiger partial charge in [0, 0.05) is 0 Å². The van der Waals surface area contributed by atoms with Gasteiger partial charge in [-0.2, -0.15) is 0 Å². The number of carbonyl (C=O) groups excluding carboxylic acids is 1. The van der Waals surface area contributed by atoms with Crippen molar-refractivity contribution in [2.75, 3.05) is 14.2 Å². The Morgan fingerprint density at radius 1 is 1.20 bits per heavy atom. The molecule has 0 aliphatic rings. The summed E-state index contributed by atoms with van der Waals surface area (Å²) in [5, 5.41) is 0. The van der Waals surface area contributed by atoms with Crippen LogP contribution in [0.25, 0.3) is 0 Å². The van der Waals surface area contributed by atoms with Crippen LogP contribution in [0.3, 0.4) is 0 Å². The molecule has 0 saturated carbocycles. The number of methoxy groups -OCH3 is 2. The van der Waals surface area contributed by atoms with Gasteiger partial charge in [0.05, 0.1) is 14.2 Å². The highest BCUT2D eigenvalue weighted by Gasteiger charge is 2.22. The van der Waals surface area contributed by atoms with Crippen molar-refractivity contribution >= 4 is 5.97 Å². The maximum Gasteiger partial charge on any atom is 0.323 e. The van der Waals surface area contributed by atoms with Crippen molar-refractivity contribution in [1.82, 2.24) is 0 Å². The molecule has 0 saturated heterocycles. The summed E-state index contributed by atoms with van der Waals surface area (Å²) >= 11 is 0. The second-order valence-corrected chi connectivity index (χ2v) is 5.53. The number of esters is 1. The highest BCUT2D eigenvalue weighted by atomic mass is 16.6. The molecule has 0 spiro atoms. The molecule has 0 aliphatic carbocycles. The molecule has 1 aromatic carbocycles. The molecular formula is C15H23NO4. The largest absolute Gasteiger partial charge is 0.493 e. The first kappa shape index (κ1) is 16.3. The van der Waals surface area contributed by atoms with Crippen molar-refractivity contribution in [3.8, 4) is 11.5 Å². The number of benzene rings is 1. The van der Waals surface area contributed by atoms with Gasteiger partial charge in [0.1, 0.15) is 11.6 Å². The number of hydrogen-bond donors (Lipinski definition) is 1. The Labute approximate surface area is 120 Å². The van der Waals surface area contributed by atoms with E-state index in [1.807, 2.05) is 32.9 Å². The molecule has 0 fully saturated rings. The number of ether oxygens (including phenoxy) is 3. The zero-order valence-electron chi connectivity index (χ0n) is 12.7. The molecule has 0 aliphatic heterocycles. The first-order valence-corrected chi connectivity index (χ1v) is 6.46. The summed E-state index contributed by atoms with van der Waals surface area (Å²) in [5.41, 5.74) is 6.23. The molecule has 0 amide bonds. The summed E-state index contributed by atoms with van der Waals surface area (Å²) in [5.74, 6) is 0.843. The quantitative estimate of drug-likeness (QED) is 0.835. The van der Waals surface area contributed by atoms with Gasteiger partial charge in [-0.3, -0.25) is 4.79 Å². The Morgan fingerprint density at radius 3 is 2.30 bits per heavy atom. The fourth-order valence-electron chi connectivity index (χ4n) is 1.72. The van der Waals surface area contributed by atoms with Crippen molar-refractivity contribution in [2.24, 2.45) is 5.73 Å². The molecular weight excluding hydrogens is 258 g/mol. The van der Waals surface area contributed by atoms with Crippen LogP contribution >= 0.6 is 0 Å². The van der Waals surface area contributed by atoms with Gasteiger partial charge >= 0.3 is 5.97 Å². The zero-order chi connectivity index (χ0) is 15.3. The van der Waals surface area contributed by atoms with Gasteiger partial charge in [-0.05, 0) is 44.9 Å². The van der Waals surface area contributed by atoms with Crippen LogP contribution in [0.2, 0.25) is 0 Å². The van der Waals surface area contributed by atoms with Crippen molar-refractivity contribution < 1.29 is 19.0 Å². The van der Waals surface area contributed by atoms with Gasteiger partial charge in [-0.25, -0.2) is 0 Å². The molecule has 5 nitrogen and oxygen atoms in total. The Kier molecular flexibility index (Phi) is 5.39. The molecule has 0 aromatic heterocycles. The van der Waals surface area contributed by atoms with Crippen LogP contribution in [0.5, 0.6) is 11.5 Å². The lowest BCUT2D eigenvalue weighted by molar-refractivity contribution is -0.156. The van der Waals surface area contributed by atoms with Crippen molar-refractivity contribution in [3.05, 3.63) is 23.8 Å². The van der Waals surface area contributed by atoms with E-state index in [-0.39, 0.29) is 0 Å². The van der Waals surface area contributed by atoms with Crippen molar-refractivity contribution in [1.29, 1.82) is 0 Å². The highest BCUT2D eigenvalue weighted by molar-refractivity contribution is 5.76. The van der Waals surface area contributed by atoms with Crippen LogP contribution < -0.4 is 15.2 Å². The third-order valence-corrected chi connectivity index (χ3v) is 2.61. The van der Waals surface area contributed by atoms with Gasteiger partial charge in [0.15, 0.2) is 11.5 Å². The van der Waals surface area contributed by atoms with Gasteiger partial charge < -0.3 is 19.9 Å². The summed E-state index contributed by atoms with van der Waals surface area (Å²) in [4.78, 5) is 11.8. The van der Waals surface area contributed by atoms with E-state index in [0.29, 0.717) is 17.9 Å². The van der Waals surface area contributed by atoms with E-state index in [1.165, 1.54) is 0 Å². The smallest absolute Gasteiger partial charge is 0.323 e. The zero-order valence-corrected chi connectivity index (χ0v) is 12.7. The lowest BCUT2D eigenvalue weighted by atomic mass is 10.1. The molecule has 0 unspecified atom stereocenters. The monoisotopic (exact) mass is 281 g/mol. The molecule has 5 heteroatoms. The SMILES string of the molecule is COc1ccc(C[C@H](N)C(=O)OC(C)(C)C)cc1OC. The molecule has 1 aromatic rings. The van der Waals surface area contributed by atoms with E-state index >= 15 is 0 Å². The molecule has 0 heterocycles. The lowest BCUT2D eigenvalue weighted by Crippen LogP contribution is -2.38. The average molecular weight is 281 g/mol. The Balaban J connectivity index is 2.75. The third kappa shape index (κ3) is 4.74. The topological polar surface area (TPSA) is 70.8 Å². The van der Waals surface area contributed by atoms with E-state index in [2.05, 4.69) is 0 Å². The second-order valence-electron chi connectivity index (χ2n) is 5.53. The van der Waals surface area contributed by atoms with Crippen LogP contribution in [-0.2, 0) is 16.0 Å². The van der Waals surface area contributed by atoms with E-state index in [0.717, 1.165) is 5.56 Å². The minimum Gasteiger partial charge on any atom is -0.493 e. The number of rotatable bonds is 5. The average Bonchev–Trinajstić information content (AvgIpc) is 2.36. The maximum absolute atomic E-state index is 11.8. The highest BCUT2D eigenvalue weighted by Crippen LogP contribution is 2.28. The number of nitrogens with two attached hydrogens (primary N) is 1. The summed E-state index contributed by atoms with van der Waals surface area (Å²) in [6.45, 7) is 5.44. The van der Waals surface area contributed by atoms with Gasteiger partial charge in [-0.1, -0.05) is 6.07 Å². The lowest BCUT2D eigenvalue weighted by Gasteiger charge is -2.22. The first-order chi connectivity index (χ1) is 9.26. The van der Waals surface area contributed by atoms with Crippen LogP contribution in [0, 0.1) is 0 Å². The van der Waals surface area contributed by atoms with Crippen LogP contribution in [-0.4, -0.2) is 31.8 Å². The third-order valence-electron chi connectivity index (χ3n) is 2.61. The standard InChI is InChI=1S/C15H23NO4/c1-15(2,3)20-14(17)11(16)8-10-6-7-12(18-4)13(9-10)19-5/h6-7,9,11H,8,16H2,1-5H3/t11-/m0/s1. The molecule has 2 N–H and O–H groups in total. The van der Waals surface area contributed by atoms with E-state index < -0.39 is 17.6 Å². The van der Waals surface area contributed by atoms with E-state index in [1.54, 1.807) is 20.3 Å². The molecule has 0 bridgehead atoms. The second kappa shape index (κ2) is 6.61. The van der Waals surface area contributed by atoms with E-state index in [9.17, 15) is 4.79 Å². The predicted octanol–water partition coefficient (Wildman–Crippen LogP) is 1.92. The summed E-state index contributed by atoms with van der Waals surface area (Å²) in [7, 11) is 3.14. The van der Waals surface area contributed by atoms with Gasteiger partial charge in [0.2, 0.25) is 0 Å². The van der Waals surface area contributed by atoms with E-state index in [4.69, 9.17) is 19.9 Å². The molecule has 1 atom stereocenters. The van der Waals surface area contributed by atoms with Crippen molar-refractivity contribution in [2.45, 2.75) is 38.8 Å². The number of hydrogen-bond acceptors (Lipinski definition) is 5. The predicted molar refractivity (Wildman–Crippen MR) is 77.1 cm³/mol. The minimum atomic E-state index is -0.702. The fourth-order valence-corrected chi connectivity index (χ4v) is 1.72. The molecule has 20 heavy (non-hydrogen) atoms. The Hall–Kier alpha value is -1.75. The summed E-state index contributed by atoms with van der Waals surface area (Å²) in [6.07, 6.45) is 0.384. The molecule has 1 rings (SSSR count). The van der Waals surface area contributed by atoms with Gasteiger partial charge in [0.25, 0.3) is 0 Å². The van der Waals surface area contributed by atoms with Gasteiger partial charge in [-0.15, -0.1) is 0 Å². The summed E-state index contributed by atoms with van der Waals surface area (Å²) < 4.78 is 15.6. The van der Waals surface area contributed by atoms with Crippen LogP contribution in [0.1, 0.15) is 26.3 Å². The maximum atomic E-state index is 11.8. The first-order valence-electron chi connectivity index (χ1n) is 6.46. The summed E-state index contributed by atoms with van der Waals surface area (Å²) in [6, 6.07) is 4.75. The number of carbonyl (C=O) groups is 1. The van der Waals surface area contributed by atoms with Crippen molar-refractivity contribution in [3.63, 3.8) is 0 Å². The fraction of sp³-hybridized carbons (Fsp3) is 0.533. The van der Waals surface area contributed by atoms with Crippen LogP contribution in [0.4, 0.5) is 0 Å². The molecule has 112 valence electrons. The normalized spacial score (nSPS) is 12.7.